The van der Waals surface area contributed by atoms with E-state index in [2.05, 4.69) is 9.47 Å². The van der Waals surface area contributed by atoms with E-state index in [1.54, 1.807) is 0 Å². The van der Waals surface area contributed by atoms with Gasteiger partial charge in [-0.15, -0.1) is 0 Å². The van der Waals surface area contributed by atoms with Crippen LogP contribution in [0.4, 0.5) is 0 Å². The molecule has 18 heavy (non-hydrogen) atoms. The number of carbonyl (C=O) groups is 2. The van der Waals surface area contributed by atoms with Gasteiger partial charge in [0.15, 0.2) is 0 Å². The lowest BCUT2D eigenvalue weighted by molar-refractivity contribution is -0.169. The lowest BCUT2D eigenvalue weighted by Crippen LogP contribution is -2.24. The molecular weight excluding hydrogens is 248 g/mol. The van der Waals surface area contributed by atoms with Crippen molar-refractivity contribution in [3.8, 4) is 0 Å². The van der Waals surface area contributed by atoms with Gasteiger partial charge >= 0.3 is 11.9 Å². The summed E-state index contributed by atoms with van der Waals surface area (Å²) in [4.78, 5) is 22.0. The first kappa shape index (κ1) is 16.8. The zero-order valence-electron chi connectivity index (χ0n) is 10.0. The summed E-state index contributed by atoms with van der Waals surface area (Å²) in [7, 11) is 0. The predicted octanol–water partition coefficient (Wildman–Crippen LogP) is -1.91. The molecular formula is C10H18O8. The number of carbonyl (C=O) groups excluding carboxylic acids is 2. The minimum atomic E-state index is -1.11. The quantitative estimate of drug-likeness (QED) is 0.268. The van der Waals surface area contributed by atoms with E-state index in [9.17, 15) is 9.59 Å². The average Bonchev–Trinajstić information content (AvgIpc) is 2.37. The van der Waals surface area contributed by atoms with Crippen molar-refractivity contribution in [2.45, 2.75) is 0 Å². The van der Waals surface area contributed by atoms with Crippen molar-refractivity contribution < 1.29 is 38.7 Å². The van der Waals surface area contributed by atoms with Gasteiger partial charge in [-0.2, -0.15) is 0 Å². The maximum absolute atomic E-state index is 11.0. The fourth-order valence-electron chi connectivity index (χ4n) is 0.838. The Morgan fingerprint density at radius 2 is 1.06 bits per heavy atom. The standard InChI is InChI=1S/C10H18O8/c11-1-3-15-5-7-17-9(13)10(14)18-8-6-16-4-2-12/h11-12H,1-8H2. The fraction of sp³-hybridized carbons (Fsp3) is 0.800. The number of aliphatic hydroxyl groups is 2. The van der Waals surface area contributed by atoms with Crippen molar-refractivity contribution in [1.82, 2.24) is 0 Å². The van der Waals surface area contributed by atoms with Crippen LogP contribution in [-0.4, -0.2) is 75.0 Å². The third-order valence-electron chi connectivity index (χ3n) is 1.56. The molecule has 0 atom stereocenters. The third kappa shape index (κ3) is 9.97. The van der Waals surface area contributed by atoms with Crippen LogP contribution in [0.3, 0.4) is 0 Å². The van der Waals surface area contributed by atoms with Crippen LogP contribution < -0.4 is 0 Å². The highest BCUT2D eigenvalue weighted by atomic mass is 16.6. The molecule has 0 saturated carbocycles. The van der Waals surface area contributed by atoms with Gasteiger partial charge in [0.2, 0.25) is 0 Å². The Bertz CT molecular complexity index is 206. The van der Waals surface area contributed by atoms with Crippen LogP contribution >= 0.6 is 0 Å². The molecule has 106 valence electrons. The Kier molecular flexibility index (Phi) is 11.4. The minimum Gasteiger partial charge on any atom is -0.455 e. The molecule has 0 unspecified atom stereocenters. The summed E-state index contributed by atoms with van der Waals surface area (Å²) in [6.07, 6.45) is 0. The van der Waals surface area contributed by atoms with E-state index >= 15 is 0 Å². The zero-order valence-corrected chi connectivity index (χ0v) is 10.0. The molecule has 0 aliphatic heterocycles. The zero-order chi connectivity index (χ0) is 13.6. The predicted molar refractivity (Wildman–Crippen MR) is 57.7 cm³/mol. The molecule has 0 bridgehead atoms. The van der Waals surface area contributed by atoms with E-state index in [0.29, 0.717) is 0 Å². The molecule has 8 nitrogen and oxygen atoms in total. The van der Waals surface area contributed by atoms with Gasteiger partial charge in [0.1, 0.15) is 13.2 Å². The highest BCUT2D eigenvalue weighted by Gasteiger charge is 2.16. The molecule has 0 aromatic rings. The summed E-state index contributed by atoms with van der Waals surface area (Å²) >= 11 is 0. The molecule has 0 rings (SSSR count). The van der Waals surface area contributed by atoms with Gasteiger partial charge in [-0.05, 0) is 0 Å². The number of rotatable bonds is 10. The van der Waals surface area contributed by atoms with Crippen LogP contribution in [0.15, 0.2) is 0 Å². The fourth-order valence-corrected chi connectivity index (χ4v) is 0.838. The average molecular weight is 266 g/mol. The lowest BCUT2D eigenvalue weighted by Gasteiger charge is -2.06. The topological polar surface area (TPSA) is 112 Å². The highest BCUT2D eigenvalue weighted by molar-refractivity contribution is 6.29. The number of aliphatic hydroxyl groups excluding tert-OH is 2. The van der Waals surface area contributed by atoms with Crippen molar-refractivity contribution in [3.63, 3.8) is 0 Å². The number of esters is 2. The molecule has 0 spiro atoms. The van der Waals surface area contributed by atoms with E-state index in [1.807, 2.05) is 0 Å². The number of hydrogen-bond donors (Lipinski definition) is 2. The summed E-state index contributed by atoms with van der Waals surface area (Å²) in [5, 5.41) is 16.8. The smallest absolute Gasteiger partial charge is 0.417 e. The molecule has 0 aromatic carbocycles. The van der Waals surface area contributed by atoms with Crippen LogP contribution in [0, 0.1) is 0 Å². The van der Waals surface area contributed by atoms with E-state index < -0.39 is 11.9 Å². The van der Waals surface area contributed by atoms with Crippen LogP contribution in [0.2, 0.25) is 0 Å². The van der Waals surface area contributed by atoms with Gasteiger partial charge in [0.05, 0.1) is 39.6 Å². The maximum Gasteiger partial charge on any atom is 0.417 e. The second-order valence-electron chi connectivity index (χ2n) is 2.94. The normalized spacial score (nSPS) is 10.1. The highest BCUT2D eigenvalue weighted by Crippen LogP contribution is 1.87. The second kappa shape index (κ2) is 12.2. The van der Waals surface area contributed by atoms with E-state index in [1.165, 1.54) is 0 Å². The molecule has 0 fully saturated rings. The molecule has 2 N–H and O–H groups in total. The Morgan fingerprint density at radius 3 is 1.39 bits per heavy atom. The van der Waals surface area contributed by atoms with Crippen molar-refractivity contribution in [2.24, 2.45) is 0 Å². The SMILES string of the molecule is O=C(OCCOCCO)C(=O)OCCOCCO. The van der Waals surface area contributed by atoms with Crippen molar-refractivity contribution in [3.05, 3.63) is 0 Å². The Morgan fingerprint density at radius 1 is 0.667 bits per heavy atom. The Balaban J connectivity index is 3.43. The maximum atomic E-state index is 11.0. The first-order chi connectivity index (χ1) is 8.72. The molecule has 0 aromatic heterocycles. The third-order valence-corrected chi connectivity index (χ3v) is 1.56. The van der Waals surface area contributed by atoms with Gasteiger partial charge in [0.25, 0.3) is 0 Å². The first-order valence-corrected chi connectivity index (χ1v) is 5.43. The summed E-state index contributed by atoms with van der Waals surface area (Å²) < 4.78 is 18.7. The van der Waals surface area contributed by atoms with E-state index in [4.69, 9.17) is 19.7 Å². The second-order valence-corrected chi connectivity index (χ2v) is 2.94. The molecule has 0 radical (unpaired) electrons. The monoisotopic (exact) mass is 266 g/mol. The summed E-state index contributed by atoms with van der Waals surface area (Å²) in [6, 6.07) is 0. The largest absolute Gasteiger partial charge is 0.455 e. The van der Waals surface area contributed by atoms with E-state index in [0.717, 1.165) is 0 Å². The van der Waals surface area contributed by atoms with Gasteiger partial charge in [-0.25, -0.2) is 9.59 Å². The molecule has 8 heteroatoms. The molecule has 0 heterocycles. The van der Waals surface area contributed by atoms with Crippen LogP contribution in [-0.2, 0) is 28.5 Å². The lowest BCUT2D eigenvalue weighted by atomic mass is 10.6. The van der Waals surface area contributed by atoms with Crippen molar-refractivity contribution >= 4 is 11.9 Å². The molecule has 0 saturated heterocycles. The Labute approximate surface area is 104 Å². The summed E-state index contributed by atoms with van der Waals surface area (Å²) in [6.45, 7) is 0.0598. The van der Waals surface area contributed by atoms with Crippen molar-refractivity contribution in [2.75, 3.05) is 52.9 Å². The van der Waals surface area contributed by atoms with Gasteiger partial charge in [-0.3, -0.25) is 0 Å². The molecule has 0 aliphatic rings. The molecule has 0 amide bonds. The van der Waals surface area contributed by atoms with Gasteiger partial charge in [0, 0.05) is 0 Å². The van der Waals surface area contributed by atoms with Gasteiger partial charge in [-0.1, -0.05) is 0 Å². The number of hydrogen-bond acceptors (Lipinski definition) is 8. The molecule has 0 aliphatic carbocycles. The van der Waals surface area contributed by atoms with Crippen LogP contribution in [0.1, 0.15) is 0 Å². The summed E-state index contributed by atoms with van der Waals surface area (Å²) in [5.41, 5.74) is 0. The van der Waals surface area contributed by atoms with E-state index in [-0.39, 0.29) is 52.9 Å². The first-order valence-electron chi connectivity index (χ1n) is 5.43. The Hall–Kier alpha value is -1.22. The number of ether oxygens (including phenoxy) is 4. The van der Waals surface area contributed by atoms with Crippen molar-refractivity contribution in [1.29, 1.82) is 0 Å². The minimum absolute atomic E-state index is 0.0883. The van der Waals surface area contributed by atoms with Crippen LogP contribution in [0.25, 0.3) is 0 Å². The summed E-state index contributed by atoms with van der Waals surface area (Å²) in [5.74, 6) is -2.21. The van der Waals surface area contributed by atoms with Gasteiger partial charge < -0.3 is 29.2 Å². The van der Waals surface area contributed by atoms with Crippen LogP contribution in [0.5, 0.6) is 0 Å².